The van der Waals surface area contributed by atoms with E-state index >= 15 is 0 Å². The van der Waals surface area contributed by atoms with Crippen molar-refractivity contribution in [2.45, 2.75) is 45.3 Å². The minimum Gasteiger partial charge on any atom is -0.389 e. The van der Waals surface area contributed by atoms with E-state index in [1.807, 2.05) is 6.92 Å². The van der Waals surface area contributed by atoms with Gasteiger partial charge in [0.15, 0.2) is 0 Å². The maximum Gasteiger partial charge on any atom is 0.0758 e. The largest absolute Gasteiger partial charge is 0.389 e. The zero-order valence-electron chi connectivity index (χ0n) is 13.0. The van der Waals surface area contributed by atoms with E-state index in [2.05, 4.69) is 48.3 Å². The molecule has 20 heavy (non-hydrogen) atoms. The highest BCUT2D eigenvalue weighted by Crippen LogP contribution is 2.23. The molecule has 1 fully saturated rings. The van der Waals surface area contributed by atoms with E-state index in [1.54, 1.807) is 0 Å². The van der Waals surface area contributed by atoms with Crippen molar-refractivity contribution in [1.29, 1.82) is 0 Å². The zero-order chi connectivity index (χ0) is 14.6. The van der Waals surface area contributed by atoms with Gasteiger partial charge in [-0.05, 0) is 38.8 Å². The van der Waals surface area contributed by atoms with Crippen molar-refractivity contribution in [3.63, 3.8) is 0 Å². The highest BCUT2D eigenvalue weighted by molar-refractivity contribution is 5.25. The van der Waals surface area contributed by atoms with E-state index in [1.165, 1.54) is 11.1 Å². The van der Waals surface area contributed by atoms with Crippen LogP contribution in [0.15, 0.2) is 24.3 Å². The minimum atomic E-state index is -0.489. The fourth-order valence-electron chi connectivity index (χ4n) is 3.06. The molecule has 2 unspecified atom stereocenters. The molecule has 2 atom stereocenters. The molecular formula is C17H28N2O. The minimum absolute atomic E-state index is 0.408. The Bertz CT molecular complexity index is 431. The average Bonchev–Trinajstić information content (AvgIpc) is 2.74. The van der Waals surface area contributed by atoms with Gasteiger partial charge in [0.05, 0.1) is 5.60 Å². The Hall–Kier alpha value is -0.900. The summed E-state index contributed by atoms with van der Waals surface area (Å²) in [7, 11) is 0. The number of aryl methyl sites for hydroxylation is 1. The third-order valence-corrected chi connectivity index (χ3v) is 4.16. The molecule has 3 heteroatoms. The van der Waals surface area contributed by atoms with Gasteiger partial charge in [-0.15, -0.1) is 0 Å². The highest BCUT2D eigenvalue weighted by Gasteiger charge is 2.31. The maximum atomic E-state index is 10.0. The number of benzene rings is 1. The smallest absolute Gasteiger partial charge is 0.0758 e. The summed E-state index contributed by atoms with van der Waals surface area (Å²) < 4.78 is 0. The van der Waals surface area contributed by atoms with E-state index in [0.717, 1.165) is 39.0 Å². The van der Waals surface area contributed by atoms with Crippen molar-refractivity contribution in [2.24, 2.45) is 0 Å². The molecule has 1 aromatic carbocycles. The second-order valence-electron chi connectivity index (χ2n) is 6.34. The first-order valence-electron chi connectivity index (χ1n) is 7.75. The number of aliphatic hydroxyl groups is 1. The lowest BCUT2D eigenvalue weighted by Crippen LogP contribution is -2.32. The highest BCUT2D eigenvalue weighted by atomic mass is 16.3. The molecule has 0 aliphatic carbocycles. The number of β-amino-alcohol motifs (C(OH)–C–C–N with tert-alkyl or cyclic N) is 1. The molecule has 112 valence electrons. The lowest BCUT2D eigenvalue weighted by atomic mass is 10.0. The van der Waals surface area contributed by atoms with Crippen LogP contribution in [0, 0.1) is 6.92 Å². The molecule has 1 saturated heterocycles. The van der Waals surface area contributed by atoms with Crippen LogP contribution in [0.3, 0.4) is 0 Å². The van der Waals surface area contributed by atoms with E-state index < -0.39 is 5.60 Å². The van der Waals surface area contributed by atoms with Gasteiger partial charge in [0.1, 0.15) is 0 Å². The third-order valence-electron chi connectivity index (χ3n) is 4.16. The molecule has 0 spiro atoms. The van der Waals surface area contributed by atoms with Gasteiger partial charge in [-0.1, -0.05) is 36.8 Å². The van der Waals surface area contributed by atoms with Gasteiger partial charge in [-0.2, -0.15) is 0 Å². The van der Waals surface area contributed by atoms with Crippen molar-refractivity contribution in [2.75, 3.05) is 26.2 Å². The Kier molecular flexibility index (Phi) is 5.19. The normalized spacial score (nSPS) is 25.0. The Balaban J connectivity index is 1.93. The van der Waals surface area contributed by atoms with Crippen LogP contribution in [-0.4, -0.2) is 41.8 Å². The first kappa shape index (κ1) is 15.5. The second-order valence-corrected chi connectivity index (χ2v) is 6.34. The Labute approximate surface area is 123 Å². The maximum absolute atomic E-state index is 10.0. The van der Waals surface area contributed by atoms with Crippen LogP contribution in [-0.2, 0) is 0 Å². The quantitative estimate of drug-likeness (QED) is 0.838. The molecule has 1 aliphatic heterocycles. The fraction of sp³-hybridized carbons (Fsp3) is 0.647. The van der Waals surface area contributed by atoms with Crippen molar-refractivity contribution in [3.05, 3.63) is 35.4 Å². The van der Waals surface area contributed by atoms with Gasteiger partial charge in [-0.25, -0.2) is 0 Å². The van der Waals surface area contributed by atoms with Gasteiger partial charge < -0.3 is 15.3 Å². The van der Waals surface area contributed by atoms with Gasteiger partial charge >= 0.3 is 0 Å². The topological polar surface area (TPSA) is 35.5 Å². The number of hydrogen-bond acceptors (Lipinski definition) is 3. The zero-order valence-corrected chi connectivity index (χ0v) is 13.0. The molecule has 1 heterocycles. The lowest BCUT2D eigenvalue weighted by Gasteiger charge is -2.23. The van der Waals surface area contributed by atoms with Gasteiger partial charge in [0.25, 0.3) is 0 Å². The van der Waals surface area contributed by atoms with E-state index in [4.69, 9.17) is 0 Å². The van der Waals surface area contributed by atoms with Gasteiger partial charge in [-0.3, -0.25) is 0 Å². The summed E-state index contributed by atoms with van der Waals surface area (Å²) in [6, 6.07) is 9.17. The molecule has 1 aromatic rings. The van der Waals surface area contributed by atoms with Gasteiger partial charge in [0.2, 0.25) is 0 Å². The van der Waals surface area contributed by atoms with Crippen LogP contribution in [0.5, 0.6) is 0 Å². The first-order valence-corrected chi connectivity index (χ1v) is 7.75. The number of likely N-dealkylation sites (tertiary alicyclic amines) is 1. The summed E-state index contributed by atoms with van der Waals surface area (Å²) in [6.45, 7) is 10.1. The predicted molar refractivity (Wildman–Crippen MR) is 83.9 cm³/mol. The summed E-state index contributed by atoms with van der Waals surface area (Å²) in [4.78, 5) is 2.38. The SMILES string of the molecule is CCNC(CCN1CCC(C)(O)C1)c1cccc(C)c1. The first-order chi connectivity index (χ1) is 9.50. The fourth-order valence-corrected chi connectivity index (χ4v) is 3.06. The Morgan fingerprint density at radius 3 is 2.85 bits per heavy atom. The molecule has 0 aromatic heterocycles. The molecule has 0 radical (unpaired) electrons. The number of rotatable bonds is 6. The summed E-state index contributed by atoms with van der Waals surface area (Å²) in [5.74, 6) is 0. The number of nitrogens with one attached hydrogen (secondary N) is 1. The van der Waals surface area contributed by atoms with E-state index in [9.17, 15) is 5.11 Å². The predicted octanol–water partition coefficient (Wildman–Crippen LogP) is 2.49. The van der Waals surface area contributed by atoms with Crippen LogP contribution in [0.2, 0.25) is 0 Å². The van der Waals surface area contributed by atoms with Crippen molar-refractivity contribution < 1.29 is 5.11 Å². The molecular weight excluding hydrogens is 248 g/mol. The van der Waals surface area contributed by atoms with E-state index in [-0.39, 0.29) is 0 Å². The monoisotopic (exact) mass is 276 g/mol. The average molecular weight is 276 g/mol. The molecule has 1 aliphatic rings. The van der Waals surface area contributed by atoms with Crippen LogP contribution < -0.4 is 5.32 Å². The Morgan fingerprint density at radius 2 is 2.25 bits per heavy atom. The van der Waals surface area contributed by atoms with Crippen LogP contribution in [0.1, 0.15) is 43.9 Å². The van der Waals surface area contributed by atoms with Gasteiger partial charge in [0, 0.05) is 25.7 Å². The molecule has 2 N–H and O–H groups in total. The van der Waals surface area contributed by atoms with Crippen LogP contribution in [0.4, 0.5) is 0 Å². The van der Waals surface area contributed by atoms with Crippen molar-refractivity contribution >= 4 is 0 Å². The molecule has 2 rings (SSSR count). The summed E-state index contributed by atoms with van der Waals surface area (Å²) >= 11 is 0. The molecule has 3 nitrogen and oxygen atoms in total. The Morgan fingerprint density at radius 1 is 1.45 bits per heavy atom. The van der Waals surface area contributed by atoms with Crippen molar-refractivity contribution in [1.82, 2.24) is 10.2 Å². The molecule has 0 amide bonds. The third kappa shape index (κ3) is 4.30. The van der Waals surface area contributed by atoms with Crippen molar-refractivity contribution in [3.8, 4) is 0 Å². The standard InChI is InChI=1S/C17H28N2O/c1-4-18-16(15-7-5-6-14(2)12-15)8-10-19-11-9-17(3,20)13-19/h5-7,12,16,18,20H,4,8-11,13H2,1-3H3. The number of hydrogen-bond donors (Lipinski definition) is 2. The molecule has 0 saturated carbocycles. The number of nitrogens with zero attached hydrogens (tertiary/aromatic N) is 1. The second kappa shape index (κ2) is 6.70. The van der Waals surface area contributed by atoms with E-state index in [0.29, 0.717) is 6.04 Å². The summed E-state index contributed by atoms with van der Waals surface area (Å²) in [5.41, 5.74) is 2.20. The molecule has 0 bridgehead atoms. The van der Waals surface area contributed by atoms with Crippen LogP contribution >= 0.6 is 0 Å². The lowest BCUT2D eigenvalue weighted by molar-refractivity contribution is 0.0683. The summed E-state index contributed by atoms with van der Waals surface area (Å²) in [5, 5.41) is 13.6. The summed E-state index contributed by atoms with van der Waals surface area (Å²) in [6.07, 6.45) is 1.98. The van der Waals surface area contributed by atoms with Crippen LogP contribution in [0.25, 0.3) is 0 Å².